The van der Waals surface area contributed by atoms with Crippen molar-refractivity contribution < 1.29 is 19.2 Å². The van der Waals surface area contributed by atoms with Crippen LogP contribution in [0.25, 0.3) is 11.3 Å². The van der Waals surface area contributed by atoms with Crippen molar-refractivity contribution in [3.63, 3.8) is 0 Å². The smallest absolute Gasteiger partial charge is 0.321 e. The van der Waals surface area contributed by atoms with Crippen LogP contribution < -0.4 is 4.74 Å². The molecule has 0 unspecified atom stereocenters. The lowest BCUT2D eigenvalue weighted by Crippen LogP contribution is -2.37. The molecule has 6 nitrogen and oxygen atoms in total. The summed E-state index contributed by atoms with van der Waals surface area (Å²) in [5, 5.41) is 13.9. The second-order valence-corrected chi connectivity index (χ2v) is 7.02. The Morgan fingerprint density at radius 2 is 1.93 bits per heavy atom. The number of carboxylic acid groups (broad SMARTS) is 1. The molecule has 1 aromatic heterocycles. The van der Waals surface area contributed by atoms with E-state index in [-0.39, 0.29) is 6.61 Å². The van der Waals surface area contributed by atoms with Crippen LogP contribution in [0.4, 0.5) is 0 Å². The van der Waals surface area contributed by atoms with Crippen LogP contribution in [0.15, 0.2) is 59.1 Å². The molecule has 1 N–H and O–H groups in total. The molecular weight excluding hydrogens is 380 g/mol. The zero-order chi connectivity index (χ0) is 20.1. The van der Waals surface area contributed by atoms with Crippen LogP contribution in [0, 0.1) is 0 Å². The van der Waals surface area contributed by atoms with E-state index in [1.807, 2.05) is 42.5 Å². The molecule has 0 radical (unpaired) electrons. The van der Waals surface area contributed by atoms with E-state index >= 15 is 0 Å². The van der Waals surface area contributed by atoms with Gasteiger partial charge in [-0.25, -0.2) is 0 Å². The second kappa shape index (κ2) is 8.91. The van der Waals surface area contributed by atoms with Crippen molar-refractivity contribution >= 4 is 17.6 Å². The van der Waals surface area contributed by atoms with Gasteiger partial charge in [0, 0.05) is 11.6 Å². The zero-order valence-electron chi connectivity index (χ0n) is 15.6. The predicted octanol–water partition coefficient (Wildman–Crippen LogP) is 4.13. The number of hydrogen-bond donors (Lipinski definition) is 1. The predicted molar refractivity (Wildman–Crippen MR) is 107 cm³/mol. The van der Waals surface area contributed by atoms with E-state index in [4.69, 9.17) is 20.9 Å². The Morgan fingerprint density at radius 3 is 2.57 bits per heavy atom. The summed E-state index contributed by atoms with van der Waals surface area (Å²) in [7, 11) is 3.51. The van der Waals surface area contributed by atoms with Gasteiger partial charge in [-0.15, -0.1) is 0 Å². The minimum atomic E-state index is -0.843. The molecule has 28 heavy (non-hydrogen) atoms. The SMILES string of the molecule is CN(C)[C@@H](Cc1ccc(OCc2cc(-c3ccccc3Cl)no2)cc1)C(=O)O. The molecule has 1 heterocycles. The Kier molecular flexibility index (Phi) is 6.34. The fraction of sp³-hybridized carbons (Fsp3) is 0.238. The normalized spacial score (nSPS) is 12.1. The molecule has 0 amide bonds. The number of aliphatic carboxylic acids is 1. The number of rotatable bonds is 8. The van der Waals surface area contributed by atoms with Gasteiger partial charge in [0.25, 0.3) is 0 Å². The Morgan fingerprint density at radius 1 is 1.21 bits per heavy atom. The van der Waals surface area contributed by atoms with Crippen molar-refractivity contribution in [3.8, 4) is 17.0 Å². The van der Waals surface area contributed by atoms with E-state index in [0.29, 0.717) is 28.6 Å². The van der Waals surface area contributed by atoms with Crippen LogP contribution >= 0.6 is 11.6 Å². The minimum absolute atomic E-state index is 0.228. The summed E-state index contributed by atoms with van der Waals surface area (Å²) in [5.41, 5.74) is 2.38. The first-order valence-corrected chi connectivity index (χ1v) is 9.13. The first-order chi connectivity index (χ1) is 13.4. The van der Waals surface area contributed by atoms with Crippen LogP contribution in [0.5, 0.6) is 5.75 Å². The van der Waals surface area contributed by atoms with Gasteiger partial charge < -0.3 is 14.4 Å². The number of halogens is 1. The molecule has 0 spiro atoms. The van der Waals surface area contributed by atoms with Crippen molar-refractivity contribution in [1.82, 2.24) is 10.1 Å². The number of ether oxygens (including phenoxy) is 1. The molecule has 0 fully saturated rings. The van der Waals surface area contributed by atoms with Gasteiger partial charge in [-0.2, -0.15) is 0 Å². The zero-order valence-corrected chi connectivity index (χ0v) is 16.4. The van der Waals surface area contributed by atoms with Gasteiger partial charge >= 0.3 is 5.97 Å². The quantitative estimate of drug-likeness (QED) is 0.612. The summed E-state index contributed by atoms with van der Waals surface area (Å²) in [4.78, 5) is 13.0. The average molecular weight is 401 g/mol. The number of nitrogens with zero attached hydrogens (tertiary/aromatic N) is 2. The third kappa shape index (κ3) is 4.91. The largest absolute Gasteiger partial charge is 0.486 e. The Labute approximate surface area is 168 Å². The van der Waals surface area contributed by atoms with E-state index < -0.39 is 12.0 Å². The van der Waals surface area contributed by atoms with Crippen LogP contribution in [0.2, 0.25) is 5.02 Å². The summed E-state index contributed by atoms with van der Waals surface area (Å²) < 4.78 is 11.1. The van der Waals surface area contributed by atoms with Gasteiger partial charge in [-0.1, -0.05) is 47.1 Å². The fourth-order valence-corrected chi connectivity index (χ4v) is 3.00. The topological polar surface area (TPSA) is 75.8 Å². The van der Waals surface area contributed by atoms with Gasteiger partial charge in [0.15, 0.2) is 5.76 Å². The summed E-state index contributed by atoms with van der Waals surface area (Å²) in [6.07, 6.45) is 0.423. The monoisotopic (exact) mass is 400 g/mol. The highest BCUT2D eigenvalue weighted by molar-refractivity contribution is 6.33. The van der Waals surface area contributed by atoms with Gasteiger partial charge in [-0.3, -0.25) is 9.69 Å². The maximum atomic E-state index is 11.3. The van der Waals surface area contributed by atoms with Crippen LogP contribution in [0.3, 0.4) is 0 Å². The second-order valence-electron chi connectivity index (χ2n) is 6.61. The number of carbonyl (C=O) groups is 1. The fourth-order valence-electron chi connectivity index (χ4n) is 2.77. The molecular formula is C21H21ClN2O4. The Hall–Kier alpha value is -2.83. The number of benzene rings is 2. The van der Waals surface area contributed by atoms with Gasteiger partial charge in [0.2, 0.25) is 0 Å². The number of hydrogen-bond acceptors (Lipinski definition) is 5. The number of likely N-dealkylation sites (N-methyl/N-ethyl adjacent to an activating group) is 1. The van der Waals surface area contributed by atoms with Crippen molar-refractivity contribution in [3.05, 3.63) is 70.9 Å². The molecule has 0 aliphatic heterocycles. The standard InChI is InChI=1S/C21H21ClN2O4/c1-24(2)20(21(25)26)11-14-7-9-15(10-8-14)27-13-16-12-19(23-28-16)17-5-3-4-6-18(17)22/h3-10,12,20H,11,13H2,1-2H3,(H,25,26)/t20-/m0/s1. The molecule has 1 atom stereocenters. The van der Waals surface area contributed by atoms with Crippen LogP contribution in [-0.4, -0.2) is 41.3 Å². The molecule has 146 valence electrons. The van der Waals surface area contributed by atoms with Crippen molar-refractivity contribution in [2.24, 2.45) is 0 Å². The van der Waals surface area contributed by atoms with E-state index in [1.165, 1.54) is 0 Å². The molecule has 2 aromatic carbocycles. The minimum Gasteiger partial charge on any atom is -0.486 e. The molecule has 0 aliphatic carbocycles. The van der Waals surface area contributed by atoms with E-state index in [1.54, 1.807) is 31.1 Å². The molecule has 0 bridgehead atoms. The van der Waals surface area contributed by atoms with Crippen molar-refractivity contribution in [2.75, 3.05) is 14.1 Å². The Bertz CT molecular complexity index is 938. The van der Waals surface area contributed by atoms with Crippen LogP contribution in [-0.2, 0) is 17.8 Å². The van der Waals surface area contributed by atoms with Crippen molar-refractivity contribution in [2.45, 2.75) is 19.1 Å². The van der Waals surface area contributed by atoms with Crippen molar-refractivity contribution in [1.29, 1.82) is 0 Å². The summed E-state index contributed by atoms with van der Waals surface area (Å²) >= 11 is 6.18. The van der Waals surface area contributed by atoms with E-state index in [0.717, 1.165) is 11.1 Å². The highest BCUT2D eigenvalue weighted by Crippen LogP contribution is 2.27. The van der Waals surface area contributed by atoms with Crippen LogP contribution in [0.1, 0.15) is 11.3 Å². The summed E-state index contributed by atoms with van der Waals surface area (Å²) in [5.74, 6) is 0.402. The third-order valence-electron chi connectivity index (χ3n) is 4.35. The number of carboxylic acids is 1. The van der Waals surface area contributed by atoms with Gasteiger partial charge in [0.05, 0.1) is 5.02 Å². The van der Waals surface area contributed by atoms with E-state index in [9.17, 15) is 9.90 Å². The highest BCUT2D eigenvalue weighted by Gasteiger charge is 2.20. The molecule has 7 heteroatoms. The lowest BCUT2D eigenvalue weighted by Gasteiger charge is -2.20. The first kappa shape index (κ1) is 19.9. The molecule has 3 aromatic rings. The molecule has 3 rings (SSSR count). The molecule has 0 aliphatic rings. The average Bonchev–Trinajstić information content (AvgIpc) is 3.14. The third-order valence-corrected chi connectivity index (χ3v) is 4.68. The summed E-state index contributed by atoms with van der Waals surface area (Å²) in [6.45, 7) is 0.228. The maximum absolute atomic E-state index is 11.3. The van der Waals surface area contributed by atoms with E-state index in [2.05, 4.69) is 5.16 Å². The summed E-state index contributed by atoms with van der Waals surface area (Å²) in [6, 6.07) is 16.0. The molecule has 0 saturated carbocycles. The first-order valence-electron chi connectivity index (χ1n) is 8.75. The van der Waals surface area contributed by atoms with Gasteiger partial charge in [0.1, 0.15) is 24.1 Å². The Balaban J connectivity index is 1.60. The lowest BCUT2D eigenvalue weighted by molar-refractivity contribution is -0.142. The van der Waals surface area contributed by atoms with Gasteiger partial charge in [-0.05, 0) is 44.3 Å². The highest BCUT2D eigenvalue weighted by atomic mass is 35.5. The molecule has 0 saturated heterocycles. The number of aromatic nitrogens is 1. The lowest BCUT2D eigenvalue weighted by atomic mass is 10.1. The maximum Gasteiger partial charge on any atom is 0.321 e.